The quantitative estimate of drug-likeness (QED) is 0.821. The molecular weight excluding hydrogens is 334 g/mol. The Bertz CT molecular complexity index is 831. The second kappa shape index (κ2) is 5.71. The number of amides is 1. The van der Waals surface area contributed by atoms with Gasteiger partial charge in [-0.3, -0.25) is 9.59 Å². The molecule has 3 heterocycles. The van der Waals surface area contributed by atoms with E-state index in [9.17, 15) is 14.7 Å². The Morgan fingerprint density at radius 2 is 2.23 bits per heavy atom. The second-order valence-electron chi connectivity index (χ2n) is 7.22. The maximum atomic E-state index is 13.4. The fraction of sp³-hybridized carbons (Fsp3) is 0.400. The maximum absolute atomic E-state index is 13.4. The number of ether oxygens (including phenoxy) is 2. The van der Waals surface area contributed by atoms with E-state index in [-0.39, 0.29) is 11.9 Å². The summed E-state index contributed by atoms with van der Waals surface area (Å²) >= 11 is 0. The van der Waals surface area contributed by atoms with Crippen LogP contribution in [-0.2, 0) is 14.3 Å². The molecule has 6 heteroatoms. The lowest BCUT2D eigenvalue weighted by molar-refractivity contribution is -0.146. The smallest absolute Gasteiger partial charge is 0.310 e. The normalized spacial score (nSPS) is 34.2. The highest BCUT2D eigenvalue weighted by Crippen LogP contribution is 2.56. The van der Waals surface area contributed by atoms with E-state index >= 15 is 0 Å². The van der Waals surface area contributed by atoms with Crippen molar-refractivity contribution < 1.29 is 24.2 Å². The summed E-state index contributed by atoms with van der Waals surface area (Å²) in [5.41, 5.74) is 0.659. The summed E-state index contributed by atoms with van der Waals surface area (Å²) < 4.78 is 11.4. The van der Waals surface area contributed by atoms with Crippen molar-refractivity contribution in [2.75, 3.05) is 12.0 Å². The summed E-state index contributed by atoms with van der Waals surface area (Å²) in [5.74, 6) is -2.18. The number of methoxy groups -OCH3 is 1. The van der Waals surface area contributed by atoms with Crippen molar-refractivity contribution in [1.82, 2.24) is 0 Å². The van der Waals surface area contributed by atoms with Gasteiger partial charge in [-0.2, -0.15) is 0 Å². The van der Waals surface area contributed by atoms with Crippen molar-refractivity contribution >= 4 is 17.6 Å². The van der Waals surface area contributed by atoms with E-state index < -0.39 is 29.5 Å². The van der Waals surface area contributed by atoms with E-state index in [0.29, 0.717) is 17.9 Å². The van der Waals surface area contributed by atoms with Crippen molar-refractivity contribution in [2.45, 2.75) is 31.1 Å². The summed E-state index contributed by atoms with van der Waals surface area (Å²) in [6, 6.07) is 6.89. The zero-order chi connectivity index (χ0) is 18.6. The van der Waals surface area contributed by atoms with Crippen LogP contribution >= 0.6 is 0 Å². The zero-order valence-electron chi connectivity index (χ0n) is 14.7. The number of carboxylic acids is 1. The van der Waals surface area contributed by atoms with Crippen LogP contribution in [0.2, 0.25) is 0 Å². The van der Waals surface area contributed by atoms with Gasteiger partial charge in [0.2, 0.25) is 5.91 Å². The van der Waals surface area contributed by atoms with E-state index in [4.69, 9.17) is 9.47 Å². The highest BCUT2D eigenvalue weighted by molar-refractivity contribution is 6.03. The van der Waals surface area contributed by atoms with Crippen LogP contribution < -0.4 is 9.64 Å². The number of carbonyl (C=O) groups excluding carboxylic acids is 1. The monoisotopic (exact) mass is 355 g/mol. The third-order valence-corrected chi connectivity index (χ3v) is 5.58. The van der Waals surface area contributed by atoms with Gasteiger partial charge < -0.3 is 19.5 Å². The molecule has 0 aliphatic carbocycles. The summed E-state index contributed by atoms with van der Waals surface area (Å²) in [4.78, 5) is 26.9. The largest absolute Gasteiger partial charge is 0.497 e. The molecule has 6 nitrogen and oxygen atoms in total. The molecule has 1 amide bonds. The van der Waals surface area contributed by atoms with Gasteiger partial charge in [0.1, 0.15) is 17.3 Å². The Morgan fingerprint density at radius 1 is 1.46 bits per heavy atom. The van der Waals surface area contributed by atoms with Crippen LogP contribution in [0.5, 0.6) is 5.75 Å². The lowest BCUT2D eigenvalue weighted by Crippen LogP contribution is -2.45. The molecule has 136 valence electrons. The van der Waals surface area contributed by atoms with Gasteiger partial charge in [0.05, 0.1) is 25.2 Å². The van der Waals surface area contributed by atoms with Gasteiger partial charge in [0.15, 0.2) is 0 Å². The van der Waals surface area contributed by atoms with Crippen molar-refractivity contribution in [3.05, 3.63) is 48.6 Å². The summed E-state index contributed by atoms with van der Waals surface area (Å²) in [5, 5.41) is 9.68. The van der Waals surface area contributed by atoms with E-state index in [1.165, 1.54) is 0 Å². The number of fused-ring (bicyclic) bond motifs is 1. The van der Waals surface area contributed by atoms with Crippen molar-refractivity contribution in [3.63, 3.8) is 0 Å². The predicted octanol–water partition coefficient (Wildman–Crippen LogP) is 2.40. The third-order valence-electron chi connectivity index (χ3n) is 5.58. The predicted molar refractivity (Wildman–Crippen MR) is 95.1 cm³/mol. The summed E-state index contributed by atoms with van der Waals surface area (Å²) in [6.07, 6.45) is 3.64. The van der Waals surface area contributed by atoms with Crippen molar-refractivity contribution in [1.29, 1.82) is 0 Å². The number of rotatable bonds is 5. The molecule has 4 rings (SSSR count). The van der Waals surface area contributed by atoms with E-state index in [0.717, 1.165) is 5.57 Å². The number of carbonyl (C=O) groups is 2. The number of carboxylic acid groups (broad SMARTS) is 1. The molecule has 2 saturated heterocycles. The fourth-order valence-electron chi connectivity index (χ4n) is 4.58. The van der Waals surface area contributed by atoms with Crippen LogP contribution in [0, 0.1) is 11.8 Å². The van der Waals surface area contributed by atoms with Crippen molar-refractivity contribution in [3.8, 4) is 5.75 Å². The molecule has 2 bridgehead atoms. The third kappa shape index (κ3) is 2.15. The average Bonchev–Trinajstić information content (AvgIpc) is 3.24. The first kappa shape index (κ1) is 16.8. The molecular formula is C20H21NO5. The van der Waals surface area contributed by atoms with Crippen molar-refractivity contribution in [2.24, 2.45) is 11.8 Å². The minimum atomic E-state index is -0.999. The lowest BCUT2D eigenvalue weighted by Gasteiger charge is -2.33. The standard InChI is InChI=1S/C20H21NO5/c1-11(2)9-15-20-8-7-14(26-20)16(19(23)24)17(20)18(22)21(15)12-5-4-6-13(10-12)25-3/h4-8,10,14-17H,1,9H2,2-3H3,(H,23,24)/t14-,15-,16-,17+,20-/m1/s1. The Labute approximate surface area is 151 Å². The van der Waals surface area contributed by atoms with Gasteiger partial charge >= 0.3 is 5.97 Å². The Balaban J connectivity index is 1.84. The molecule has 3 aliphatic rings. The van der Waals surface area contributed by atoms with E-state index in [1.54, 1.807) is 30.2 Å². The van der Waals surface area contributed by atoms with Gasteiger partial charge in [-0.15, -0.1) is 6.58 Å². The zero-order valence-corrected chi connectivity index (χ0v) is 14.7. The van der Waals surface area contributed by atoms with Gasteiger partial charge in [-0.1, -0.05) is 23.8 Å². The molecule has 2 fully saturated rings. The Kier molecular flexibility index (Phi) is 3.70. The number of hydrogen-bond donors (Lipinski definition) is 1. The number of hydrogen-bond acceptors (Lipinski definition) is 4. The Hall–Kier alpha value is -2.60. The molecule has 3 aliphatic heterocycles. The van der Waals surface area contributed by atoms with E-state index in [2.05, 4.69) is 6.58 Å². The molecule has 0 radical (unpaired) electrons. The fourth-order valence-corrected chi connectivity index (χ4v) is 4.58. The number of anilines is 1. The van der Waals surface area contributed by atoms with E-state index in [1.807, 2.05) is 25.1 Å². The van der Waals surface area contributed by atoms with Crippen LogP contribution in [0.15, 0.2) is 48.6 Å². The van der Waals surface area contributed by atoms with Gasteiger partial charge in [0, 0.05) is 11.8 Å². The minimum absolute atomic E-state index is 0.219. The first-order valence-corrected chi connectivity index (χ1v) is 8.60. The number of benzene rings is 1. The van der Waals surface area contributed by atoms with Crippen LogP contribution in [0.1, 0.15) is 13.3 Å². The Morgan fingerprint density at radius 3 is 2.88 bits per heavy atom. The van der Waals surface area contributed by atoms with Crippen LogP contribution in [0.25, 0.3) is 0 Å². The molecule has 0 aromatic heterocycles. The van der Waals surface area contributed by atoms with Crippen LogP contribution in [0.4, 0.5) is 5.69 Å². The molecule has 5 atom stereocenters. The highest BCUT2D eigenvalue weighted by atomic mass is 16.5. The second-order valence-corrected chi connectivity index (χ2v) is 7.22. The molecule has 0 saturated carbocycles. The average molecular weight is 355 g/mol. The number of nitrogens with zero attached hydrogens (tertiary/aromatic N) is 1. The van der Waals surface area contributed by atoms with Crippen LogP contribution in [-0.4, -0.2) is 41.8 Å². The van der Waals surface area contributed by atoms with Gasteiger partial charge in [-0.05, 0) is 25.5 Å². The maximum Gasteiger partial charge on any atom is 0.310 e. The van der Waals surface area contributed by atoms with Gasteiger partial charge in [-0.25, -0.2) is 0 Å². The minimum Gasteiger partial charge on any atom is -0.497 e. The van der Waals surface area contributed by atoms with Gasteiger partial charge in [0.25, 0.3) is 0 Å². The van der Waals surface area contributed by atoms with Crippen LogP contribution in [0.3, 0.4) is 0 Å². The molecule has 1 spiro atoms. The molecule has 1 N–H and O–H groups in total. The SMILES string of the molecule is C=C(C)C[C@H]1N(c2cccc(OC)c2)C(=O)[C@@H]2[C@H](C(=O)O)[C@H]3C=C[C@]21O3. The topological polar surface area (TPSA) is 76.1 Å². The first-order valence-electron chi connectivity index (χ1n) is 8.60. The molecule has 26 heavy (non-hydrogen) atoms. The summed E-state index contributed by atoms with van der Waals surface area (Å²) in [7, 11) is 1.57. The highest BCUT2D eigenvalue weighted by Gasteiger charge is 2.71. The lowest BCUT2D eigenvalue weighted by atomic mass is 9.74. The molecule has 1 aromatic carbocycles. The number of aliphatic carboxylic acids is 1. The first-order chi connectivity index (χ1) is 12.4. The molecule has 1 aromatic rings. The molecule has 0 unspecified atom stereocenters. The summed E-state index contributed by atoms with van der Waals surface area (Å²) in [6.45, 7) is 5.89.